The van der Waals surface area contributed by atoms with Crippen molar-refractivity contribution < 1.29 is 9.90 Å². The summed E-state index contributed by atoms with van der Waals surface area (Å²) in [6.45, 7) is 0. The van der Waals surface area contributed by atoms with Gasteiger partial charge in [-0.1, -0.05) is 0 Å². The lowest BCUT2D eigenvalue weighted by Gasteiger charge is -2.56. The van der Waals surface area contributed by atoms with Crippen molar-refractivity contribution in [1.29, 1.82) is 0 Å². The van der Waals surface area contributed by atoms with Gasteiger partial charge in [-0.2, -0.15) is 5.10 Å². The van der Waals surface area contributed by atoms with E-state index >= 15 is 0 Å². The van der Waals surface area contributed by atoms with Crippen LogP contribution in [0.3, 0.4) is 0 Å². The lowest BCUT2D eigenvalue weighted by Crippen LogP contribution is -2.52. The highest BCUT2D eigenvalue weighted by molar-refractivity contribution is 5.86. The molecule has 0 amide bonds. The molecule has 0 saturated heterocycles. The molecule has 20 heavy (non-hydrogen) atoms. The van der Waals surface area contributed by atoms with Crippen molar-refractivity contribution in [3.8, 4) is 0 Å². The van der Waals surface area contributed by atoms with E-state index in [1.807, 2.05) is 4.68 Å². The summed E-state index contributed by atoms with van der Waals surface area (Å²) in [5.74, 6) is 2.15. The van der Waals surface area contributed by atoms with E-state index in [9.17, 15) is 9.90 Å². The lowest BCUT2D eigenvalue weighted by molar-refractivity contribution is -0.0507. The van der Waals surface area contributed by atoms with Crippen LogP contribution in [0, 0.1) is 17.8 Å². The molecule has 1 heterocycles. The first-order chi connectivity index (χ1) is 9.59. The van der Waals surface area contributed by atoms with Gasteiger partial charge in [-0.3, -0.25) is 0 Å². The molecule has 4 aliphatic rings. The van der Waals surface area contributed by atoms with Crippen molar-refractivity contribution >= 4 is 11.8 Å². The molecule has 5 nitrogen and oxygen atoms in total. The Bertz CT molecular complexity index is 528. The van der Waals surface area contributed by atoms with E-state index in [1.165, 1.54) is 19.3 Å². The van der Waals surface area contributed by atoms with Gasteiger partial charge in [0.1, 0.15) is 11.5 Å². The smallest absolute Gasteiger partial charge is 0.354 e. The maximum Gasteiger partial charge on any atom is 0.354 e. The second-order valence-electron chi connectivity index (χ2n) is 7.02. The monoisotopic (exact) mass is 275 g/mol. The predicted octanol–water partition coefficient (Wildman–Crippen LogP) is 2.55. The third-order valence-corrected chi connectivity index (χ3v) is 5.64. The first-order valence-corrected chi connectivity index (χ1v) is 7.61. The minimum Gasteiger partial charge on any atom is -0.477 e. The van der Waals surface area contributed by atoms with Gasteiger partial charge in [-0.25, -0.2) is 9.48 Å². The van der Waals surface area contributed by atoms with Gasteiger partial charge >= 0.3 is 5.97 Å². The van der Waals surface area contributed by atoms with Crippen LogP contribution in [-0.4, -0.2) is 27.9 Å². The van der Waals surface area contributed by atoms with Crippen LogP contribution in [0.1, 0.15) is 49.0 Å². The number of hydrogen-bond donors (Lipinski definition) is 2. The minimum atomic E-state index is -0.866. The van der Waals surface area contributed by atoms with Crippen molar-refractivity contribution in [2.24, 2.45) is 17.8 Å². The highest BCUT2D eigenvalue weighted by Crippen LogP contribution is 2.58. The Labute approximate surface area is 118 Å². The molecular formula is C15H21N3O2. The summed E-state index contributed by atoms with van der Waals surface area (Å²) < 4.78 is 1.85. The highest BCUT2D eigenvalue weighted by Gasteiger charge is 2.53. The number of anilines is 1. The number of carboxylic acids is 1. The van der Waals surface area contributed by atoms with Crippen LogP contribution in [0.4, 0.5) is 5.82 Å². The van der Waals surface area contributed by atoms with E-state index in [0.29, 0.717) is 11.5 Å². The molecule has 0 radical (unpaired) electrons. The van der Waals surface area contributed by atoms with Crippen molar-refractivity contribution in [3.05, 3.63) is 11.8 Å². The van der Waals surface area contributed by atoms with Gasteiger partial charge in [0, 0.05) is 13.1 Å². The number of nitrogens with one attached hydrogen (secondary N) is 1. The number of hydrogen-bond acceptors (Lipinski definition) is 3. The van der Waals surface area contributed by atoms with E-state index in [-0.39, 0.29) is 5.54 Å². The fourth-order valence-electron chi connectivity index (χ4n) is 5.34. The van der Waals surface area contributed by atoms with Crippen LogP contribution in [0.5, 0.6) is 0 Å². The van der Waals surface area contributed by atoms with Gasteiger partial charge in [0.25, 0.3) is 0 Å². The standard InChI is InChI=1S/C15H21N3O2/c1-16-13-5-12(14(19)20)18(17-13)15-6-9-2-10(7-15)4-11(3-9)8-15/h5,9-11H,2-4,6-8H2,1H3,(H,16,17)(H,19,20). The average Bonchev–Trinajstić information content (AvgIpc) is 2.82. The molecule has 108 valence electrons. The zero-order valence-corrected chi connectivity index (χ0v) is 11.8. The first kappa shape index (κ1) is 12.2. The Morgan fingerprint density at radius 1 is 1.30 bits per heavy atom. The van der Waals surface area contributed by atoms with Crippen LogP contribution in [0.25, 0.3) is 0 Å². The molecular weight excluding hydrogens is 254 g/mol. The fourth-order valence-corrected chi connectivity index (χ4v) is 5.34. The van der Waals surface area contributed by atoms with E-state index in [4.69, 9.17) is 0 Å². The number of aromatic carboxylic acids is 1. The van der Waals surface area contributed by atoms with Gasteiger partial charge < -0.3 is 10.4 Å². The summed E-state index contributed by atoms with van der Waals surface area (Å²) in [7, 11) is 1.79. The van der Waals surface area contributed by atoms with Crippen molar-refractivity contribution in [2.75, 3.05) is 12.4 Å². The molecule has 4 aliphatic carbocycles. The average molecular weight is 275 g/mol. The Morgan fingerprint density at radius 3 is 2.30 bits per heavy atom. The van der Waals surface area contributed by atoms with Gasteiger partial charge in [0.15, 0.2) is 0 Å². The number of aromatic nitrogens is 2. The second-order valence-corrected chi connectivity index (χ2v) is 7.02. The van der Waals surface area contributed by atoms with Crippen LogP contribution in [0.2, 0.25) is 0 Å². The molecule has 0 aromatic carbocycles. The molecule has 1 aromatic rings. The largest absolute Gasteiger partial charge is 0.477 e. The van der Waals surface area contributed by atoms with Crippen LogP contribution >= 0.6 is 0 Å². The van der Waals surface area contributed by atoms with E-state index in [2.05, 4.69) is 10.4 Å². The maximum absolute atomic E-state index is 11.6. The summed E-state index contributed by atoms with van der Waals surface area (Å²) >= 11 is 0. The van der Waals surface area contributed by atoms with Crippen LogP contribution < -0.4 is 5.32 Å². The van der Waals surface area contributed by atoms with Crippen molar-refractivity contribution in [1.82, 2.24) is 9.78 Å². The molecule has 2 N–H and O–H groups in total. The molecule has 4 saturated carbocycles. The summed E-state index contributed by atoms with van der Waals surface area (Å²) in [6, 6.07) is 1.67. The zero-order valence-electron chi connectivity index (χ0n) is 11.8. The Morgan fingerprint density at radius 2 is 1.85 bits per heavy atom. The van der Waals surface area contributed by atoms with Crippen molar-refractivity contribution in [2.45, 2.75) is 44.1 Å². The Hall–Kier alpha value is -1.52. The molecule has 0 spiro atoms. The third kappa shape index (κ3) is 1.61. The molecule has 1 aromatic heterocycles. The quantitative estimate of drug-likeness (QED) is 0.889. The highest BCUT2D eigenvalue weighted by atomic mass is 16.4. The third-order valence-electron chi connectivity index (χ3n) is 5.64. The fraction of sp³-hybridized carbons (Fsp3) is 0.733. The Balaban J connectivity index is 1.80. The summed E-state index contributed by atoms with van der Waals surface area (Å²) in [4.78, 5) is 11.6. The van der Waals surface area contributed by atoms with Gasteiger partial charge in [0.2, 0.25) is 0 Å². The molecule has 0 atom stereocenters. The normalized spacial score (nSPS) is 38.1. The molecule has 4 bridgehead atoms. The van der Waals surface area contributed by atoms with Crippen LogP contribution in [-0.2, 0) is 5.54 Å². The molecule has 0 unspecified atom stereocenters. The van der Waals surface area contributed by atoms with E-state index in [0.717, 1.165) is 37.0 Å². The van der Waals surface area contributed by atoms with E-state index in [1.54, 1.807) is 13.1 Å². The summed E-state index contributed by atoms with van der Waals surface area (Å²) in [6.07, 6.45) is 7.39. The number of nitrogens with zero attached hydrogens (tertiary/aromatic N) is 2. The van der Waals surface area contributed by atoms with Crippen LogP contribution in [0.15, 0.2) is 6.07 Å². The summed E-state index contributed by atoms with van der Waals surface area (Å²) in [5, 5.41) is 17.0. The molecule has 4 fully saturated rings. The SMILES string of the molecule is CNc1cc(C(=O)O)n(C23CC4CC(CC(C4)C2)C3)n1. The van der Waals surface area contributed by atoms with Gasteiger partial charge in [-0.05, 0) is 56.3 Å². The van der Waals surface area contributed by atoms with Gasteiger partial charge in [0.05, 0.1) is 5.54 Å². The lowest BCUT2D eigenvalue weighted by atomic mass is 9.53. The van der Waals surface area contributed by atoms with E-state index < -0.39 is 5.97 Å². The second kappa shape index (κ2) is 3.99. The predicted molar refractivity (Wildman–Crippen MR) is 74.9 cm³/mol. The minimum absolute atomic E-state index is 0.0302. The van der Waals surface area contributed by atoms with Gasteiger partial charge in [-0.15, -0.1) is 0 Å². The number of carbonyl (C=O) groups is 1. The topological polar surface area (TPSA) is 67.2 Å². The number of rotatable bonds is 3. The van der Waals surface area contributed by atoms with Crippen molar-refractivity contribution in [3.63, 3.8) is 0 Å². The number of carboxylic acid groups (broad SMARTS) is 1. The zero-order chi connectivity index (χ0) is 13.9. The first-order valence-electron chi connectivity index (χ1n) is 7.61. The molecule has 0 aliphatic heterocycles. The molecule has 5 heteroatoms. The maximum atomic E-state index is 11.6. The Kier molecular flexibility index (Phi) is 2.44. The summed E-state index contributed by atoms with van der Waals surface area (Å²) in [5.41, 5.74) is 0.314. The molecule has 5 rings (SSSR count).